The minimum absolute atomic E-state index is 0.0608. The molecule has 0 unspecified atom stereocenters. The van der Waals surface area contributed by atoms with E-state index in [1.807, 2.05) is 61.3 Å². The molecule has 1 heterocycles. The average Bonchev–Trinajstić information content (AvgIpc) is 3.14. The molecule has 7 heteroatoms. The van der Waals surface area contributed by atoms with E-state index >= 15 is 0 Å². The normalized spacial score (nSPS) is 12.1. The number of ether oxygens (including phenoxy) is 2. The van der Waals surface area contributed by atoms with Gasteiger partial charge in [-0.1, -0.05) is 31.2 Å². The van der Waals surface area contributed by atoms with Crippen molar-refractivity contribution < 1.29 is 19.1 Å². The summed E-state index contributed by atoms with van der Waals surface area (Å²) in [7, 11) is 1.85. The molecule has 2 aromatic carbocycles. The van der Waals surface area contributed by atoms with Crippen LogP contribution in [-0.2, 0) is 22.6 Å². The van der Waals surface area contributed by atoms with E-state index in [-0.39, 0.29) is 31.7 Å². The molecule has 0 saturated heterocycles. The van der Waals surface area contributed by atoms with Gasteiger partial charge in [-0.3, -0.25) is 14.5 Å². The molecular weight excluding hydrogens is 358 g/mol. The average molecular weight is 383 g/mol. The molecule has 3 rings (SSSR count). The highest BCUT2D eigenvalue weighted by Gasteiger charge is 2.15. The second kappa shape index (κ2) is 9.23. The van der Waals surface area contributed by atoms with E-state index in [4.69, 9.17) is 9.47 Å². The lowest BCUT2D eigenvalue weighted by atomic mass is 10.1. The van der Waals surface area contributed by atoms with E-state index in [9.17, 15) is 9.59 Å². The molecule has 0 atom stereocenters. The van der Waals surface area contributed by atoms with Gasteiger partial charge in [0, 0.05) is 12.2 Å². The summed E-state index contributed by atoms with van der Waals surface area (Å²) in [5.74, 6) is 1.01. The van der Waals surface area contributed by atoms with Crippen LogP contribution in [0.1, 0.15) is 18.1 Å². The lowest BCUT2D eigenvalue weighted by molar-refractivity contribution is -0.124. The molecule has 28 heavy (non-hydrogen) atoms. The van der Waals surface area contributed by atoms with Gasteiger partial charge >= 0.3 is 0 Å². The number of carbonyl (C=O) groups is 2. The first kappa shape index (κ1) is 19.7. The second-order valence-electron chi connectivity index (χ2n) is 6.70. The number of anilines is 1. The summed E-state index contributed by atoms with van der Waals surface area (Å²) >= 11 is 0. The number of aryl methyl sites for hydroxylation is 1. The zero-order valence-electron chi connectivity index (χ0n) is 16.2. The first-order valence-electron chi connectivity index (χ1n) is 9.26. The number of hydrogen-bond donors (Lipinski definition) is 2. The van der Waals surface area contributed by atoms with Gasteiger partial charge in [0.1, 0.15) is 0 Å². The Bertz CT molecular complexity index is 853. The van der Waals surface area contributed by atoms with Crippen LogP contribution >= 0.6 is 0 Å². The number of rotatable bonds is 8. The Morgan fingerprint density at radius 2 is 1.86 bits per heavy atom. The van der Waals surface area contributed by atoms with Gasteiger partial charge in [0.05, 0.1) is 13.1 Å². The molecule has 0 aliphatic carbocycles. The number of carbonyl (C=O) groups excluding carboxylic acids is 2. The minimum atomic E-state index is -0.243. The summed E-state index contributed by atoms with van der Waals surface area (Å²) in [5, 5.41) is 5.50. The predicted octanol–water partition coefficient (Wildman–Crippen LogP) is 2.16. The van der Waals surface area contributed by atoms with E-state index < -0.39 is 0 Å². The van der Waals surface area contributed by atoms with Crippen molar-refractivity contribution in [2.45, 2.75) is 19.9 Å². The lowest BCUT2D eigenvalue weighted by Crippen LogP contribution is -2.39. The summed E-state index contributed by atoms with van der Waals surface area (Å²) in [6.45, 7) is 2.98. The van der Waals surface area contributed by atoms with Gasteiger partial charge in [-0.15, -0.1) is 0 Å². The standard InChI is InChI=1S/C21H25N3O4/c1-3-16-6-4-5-7-17(16)23-20(25)11-22-21(26)13-24(2)12-15-8-9-18-19(10-15)28-14-27-18/h4-10H,3,11-14H2,1-2H3,(H,22,26)(H,23,25). The van der Waals surface area contributed by atoms with Crippen LogP contribution in [0.15, 0.2) is 42.5 Å². The fourth-order valence-electron chi connectivity index (χ4n) is 3.03. The molecule has 0 bridgehead atoms. The smallest absolute Gasteiger partial charge is 0.243 e. The monoisotopic (exact) mass is 383 g/mol. The highest BCUT2D eigenvalue weighted by Crippen LogP contribution is 2.32. The maximum Gasteiger partial charge on any atom is 0.243 e. The van der Waals surface area contributed by atoms with E-state index in [1.165, 1.54) is 0 Å². The molecule has 2 aromatic rings. The maximum absolute atomic E-state index is 12.1. The molecule has 0 saturated carbocycles. The quantitative estimate of drug-likeness (QED) is 0.730. The number of fused-ring (bicyclic) bond motifs is 1. The molecule has 0 radical (unpaired) electrons. The van der Waals surface area contributed by atoms with Gasteiger partial charge in [0.2, 0.25) is 18.6 Å². The first-order valence-corrected chi connectivity index (χ1v) is 9.26. The Morgan fingerprint density at radius 1 is 1.07 bits per heavy atom. The third-order valence-corrected chi connectivity index (χ3v) is 4.42. The van der Waals surface area contributed by atoms with Crippen LogP contribution in [0.5, 0.6) is 11.5 Å². The molecular formula is C21H25N3O4. The van der Waals surface area contributed by atoms with Gasteiger partial charge in [-0.25, -0.2) is 0 Å². The van der Waals surface area contributed by atoms with Crippen molar-refractivity contribution in [2.75, 3.05) is 32.2 Å². The number of likely N-dealkylation sites (N-methyl/N-ethyl adjacent to an activating group) is 1. The Morgan fingerprint density at radius 3 is 2.68 bits per heavy atom. The van der Waals surface area contributed by atoms with Gasteiger partial charge in [0.15, 0.2) is 11.5 Å². The molecule has 2 N–H and O–H groups in total. The number of nitrogens with zero attached hydrogens (tertiary/aromatic N) is 1. The lowest BCUT2D eigenvalue weighted by Gasteiger charge is -2.16. The van der Waals surface area contributed by atoms with Crippen LogP contribution < -0.4 is 20.1 Å². The third kappa shape index (κ3) is 5.23. The Labute approximate surface area is 164 Å². The van der Waals surface area contributed by atoms with Crippen molar-refractivity contribution in [1.29, 1.82) is 0 Å². The third-order valence-electron chi connectivity index (χ3n) is 4.42. The van der Waals surface area contributed by atoms with Crippen molar-refractivity contribution >= 4 is 17.5 Å². The fourth-order valence-corrected chi connectivity index (χ4v) is 3.03. The van der Waals surface area contributed by atoms with Crippen LogP contribution in [0.2, 0.25) is 0 Å². The number of para-hydroxylation sites is 1. The molecule has 1 aliphatic rings. The largest absolute Gasteiger partial charge is 0.454 e. The summed E-state index contributed by atoms with van der Waals surface area (Å²) in [4.78, 5) is 26.1. The van der Waals surface area contributed by atoms with Crippen LogP contribution in [0.4, 0.5) is 5.69 Å². The molecule has 2 amide bonds. The number of nitrogens with one attached hydrogen (secondary N) is 2. The van der Waals surface area contributed by atoms with Crippen molar-refractivity contribution in [3.8, 4) is 11.5 Å². The van der Waals surface area contributed by atoms with E-state index in [2.05, 4.69) is 10.6 Å². The minimum Gasteiger partial charge on any atom is -0.454 e. The van der Waals surface area contributed by atoms with Gasteiger partial charge in [0.25, 0.3) is 0 Å². The van der Waals surface area contributed by atoms with Crippen LogP contribution in [0.25, 0.3) is 0 Å². The summed E-state index contributed by atoms with van der Waals surface area (Å²) < 4.78 is 10.7. The highest BCUT2D eigenvalue weighted by molar-refractivity contribution is 5.95. The van der Waals surface area contributed by atoms with Crippen LogP contribution in [0, 0.1) is 0 Å². The second-order valence-corrected chi connectivity index (χ2v) is 6.70. The Balaban J connectivity index is 1.42. The SMILES string of the molecule is CCc1ccccc1NC(=O)CNC(=O)CN(C)Cc1ccc2c(c1)OCO2. The molecule has 0 fully saturated rings. The van der Waals surface area contributed by atoms with Gasteiger partial charge < -0.3 is 20.1 Å². The Kier molecular flexibility index (Phi) is 6.49. The molecule has 0 aromatic heterocycles. The zero-order chi connectivity index (χ0) is 19.9. The summed E-state index contributed by atoms with van der Waals surface area (Å²) in [6.07, 6.45) is 0.827. The van der Waals surface area contributed by atoms with Crippen molar-refractivity contribution in [1.82, 2.24) is 10.2 Å². The first-order chi connectivity index (χ1) is 13.5. The van der Waals surface area contributed by atoms with Gasteiger partial charge in [-0.05, 0) is 42.8 Å². The van der Waals surface area contributed by atoms with E-state index in [1.54, 1.807) is 0 Å². The maximum atomic E-state index is 12.1. The van der Waals surface area contributed by atoms with Gasteiger partial charge in [-0.2, -0.15) is 0 Å². The highest BCUT2D eigenvalue weighted by atomic mass is 16.7. The molecule has 0 spiro atoms. The molecule has 148 valence electrons. The topological polar surface area (TPSA) is 79.9 Å². The predicted molar refractivity (Wildman–Crippen MR) is 106 cm³/mol. The summed E-state index contributed by atoms with van der Waals surface area (Å²) in [5.41, 5.74) is 2.86. The molecule has 7 nitrogen and oxygen atoms in total. The van der Waals surface area contributed by atoms with E-state index in [0.29, 0.717) is 6.54 Å². The van der Waals surface area contributed by atoms with Crippen molar-refractivity contribution in [3.05, 3.63) is 53.6 Å². The van der Waals surface area contributed by atoms with Crippen LogP contribution in [-0.4, -0.2) is 43.6 Å². The van der Waals surface area contributed by atoms with Crippen LogP contribution in [0.3, 0.4) is 0 Å². The number of amides is 2. The Hall–Kier alpha value is -3.06. The van der Waals surface area contributed by atoms with Crippen molar-refractivity contribution in [2.24, 2.45) is 0 Å². The van der Waals surface area contributed by atoms with Crippen molar-refractivity contribution in [3.63, 3.8) is 0 Å². The zero-order valence-corrected chi connectivity index (χ0v) is 16.2. The molecule has 1 aliphatic heterocycles. The fraction of sp³-hybridized carbons (Fsp3) is 0.333. The number of benzene rings is 2. The number of hydrogen-bond acceptors (Lipinski definition) is 5. The van der Waals surface area contributed by atoms with E-state index in [0.717, 1.165) is 34.7 Å². The summed E-state index contributed by atoms with van der Waals surface area (Å²) in [6, 6.07) is 13.4.